The Labute approximate surface area is 144 Å². The molecular formula is C21H26O3. The Hall–Kier alpha value is -2.29. The summed E-state index contributed by atoms with van der Waals surface area (Å²) >= 11 is 0. The van der Waals surface area contributed by atoms with Crippen LogP contribution in [0.15, 0.2) is 48.5 Å². The van der Waals surface area contributed by atoms with Gasteiger partial charge in [0.15, 0.2) is 0 Å². The fourth-order valence-electron chi connectivity index (χ4n) is 2.58. The van der Waals surface area contributed by atoms with E-state index in [1.807, 2.05) is 24.3 Å². The van der Waals surface area contributed by atoms with Crippen LogP contribution in [0, 0.1) is 0 Å². The third-order valence-corrected chi connectivity index (χ3v) is 4.05. The lowest BCUT2D eigenvalue weighted by atomic mass is 10.0. The van der Waals surface area contributed by atoms with Gasteiger partial charge >= 0.3 is 5.97 Å². The molecule has 1 N–H and O–H groups in total. The maximum absolute atomic E-state index is 12.0. The van der Waals surface area contributed by atoms with Gasteiger partial charge < -0.3 is 9.84 Å². The Morgan fingerprint density at radius 2 is 1.38 bits per heavy atom. The monoisotopic (exact) mass is 326 g/mol. The molecule has 24 heavy (non-hydrogen) atoms. The van der Waals surface area contributed by atoms with E-state index >= 15 is 0 Å². The van der Waals surface area contributed by atoms with Crippen molar-refractivity contribution in [3.63, 3.8) is 0 Å². The zero-order valence-corrected chi connectivity index (χ0v) is 14.3. The van der Waals surface area contributed by atoms with Gasteiger partial charge in [-0.3, -0.25) is 0 Å². The number of hydrogen-bond acceptors (Lipinski definition) is 3. The Morgan fingerprint density at radius 1 is 0.833 bits per heavy atom. The predicted molar refractivity (Wildman–Crippen MR) is 97.2 cm³/mol. The molecule has 0 bridgehead atoms. The highest BCUT2D eigenvalue weighted by Gasteiger charge is 2.07. The zero-order chi connectivity index (χ0) is 17.2. The Morgan fingerprint density at radius 3 is 2.00 bits per heavy atom. The molecule has 2 aromatic rings. The van der Waals surface area contributed by atoms with E-state index in [0.29, 0.717) is 12.2 Å². The van der Waals surface area contributed by atoms with Crippen LogP contribution in [0.5, 0.6) is 5.75 Å². The summed E-state index contributed by atoms with van der Waals surface area (Å²) in [5, 5.41) is 9.32. The minimum absolute atomic E-state index is 0.244. The molecule has 0 amide bonds. The van der Waals surface area contributed by atoms with Gasteiger partial charge in [0, 0.05) is 0 Å². The van der Waals surface area contributed by atoms with Gasteiger partial charge in [0.05, 0.1) is 12.2 Å². The number of aromatic hydroxyl groups is 1. The quantitative estimate of drug-likeness (QED) is 0.483. The van der Waals surface area contributed by atoms with Crippen molar-refractivity contribution in [1.29, 1.82) is 0 Å². The van der Waals surface area contributed by atoms with E-state index in [1.54, 1.807) is 24.3 Å². The zero-order valence-electron chi connectivity index (χ0n) is 14.3. The molecule has 0 unspecified atom stereocenters. The summed E-state index contributed by atoms with van der Waals surface area (Å²) in [7, 11) is 0. The predicted octanol–water partition coefficient (Wildman–Crippen LogP) is 5.58. The second kappa shape index (κ2) is 9.76. The number of ether oxygens (including phenoxy) is 1. The molecule has 0 heterocycles. The molecule has 0 spiro atoms. The van der Waals surface area contributed by atoms with E-state index in [0.717, 1.165) is 24.0 Å². The van der Waals surface area contributed by atoms with E-state index < -0.39 is 0 Å². The van der Waals surface area contributed by atoms with Crippen molar-refractivity contribution in [2.24, 2.45) is 0 Å². The van der Waals surface area contributed by atoms with Crippen LogP contribution in [-0.2, 0) is 4.74 Å². The molecule has 3 nitrogen and oxygen atoms in total. The molecule has 0 radical (unpaired) electrons. The molecule has 0 aliphatic rings. The molecule has 0 aliphatic heterocycles. The van der Waals surface area contributed by atoms with Crippen molar-refractivity contribution in [2.75, 3.05) is 6.61 Å². The first-order chi connectivity index (χ1) is 11.7. The molecule has 0 aromatic heterocycles. The van der Waals surface area contributed by atoms with E-state index in [1.165, 1.54) is 25.7 Å². The highest BCUT2D eigenvalue weighted by molar-refractivity contribution is 5.90. The van der Waals surface area contributed by atoms with Crippen LogP contribution in [0.25, 0.3) is 11.1 Å². The number of carbonyl (C=O) groups excluding carboxylic acids is 1. The summed E-state index contributed by atoms with van der Waals surface area (Å²) in [5.41, 5.74) is 2.57. The highest BCUT2D eigenvalue weighted by atomic mass is 16.5. The summed E-state index contributed by atoms with van der Waals surface area (Å²) in [6.45, 7) is 2.69. The number of unbranched alkanes of at least 4 members (excludes halogenated alkanes) is 5. The molecule has 128 valence electrons. The summed E-state index contributed by atoms with van der Waals surface area (Å²) in [6.07, 6.45) is 7.06. The van der Waals surface area contributed by atoms with Crippen LogP contribution in [0.3, 0.4) is 0 Å². The number of benzene rings is 2. The van der Waals surface area contributed by atoms with Crippen LogP contribution >= 0.6 is 0 Å². The van der Waals surface area contributed by atoms with E-state index in [-0.39, 0.29) is 11.7 Å². The molecule has 3 heteroatoms. The van der Waals surface area contributed by atoms with Gasteiger partial charge in [0.2, 0.25) is 0 Å². The van der Waals surface area contributed by atoms with Crippen molar-refractivity contribution in [2.45, 2.75) is 45.4 Å². The molecule has 2 rings (SSSR count). The minimum atomic E-state index is -0.263. The third-order valence-electron chi connectivity index (χ3n) is 4.05. The average molecular weight is 326 g/mol. The minimum Gasteiger partial charge on any atom is -0.508 e. The van der Waals surface area contributed by atoms with Crippen molar-refractivity contribution < 1.29 is 14.6 Å². The van der Waals surface area contributed by atoms with Gasteiger partial charge in [-0.2, -0.15) is 0 Å². The lowest BCUT2D eigenvalue weighted by Gasteiger charge is -2.06. The lowest BCUT2D eigenvalue weighted by molar-refractivity contribution is 0.0497. The molecular weight excluding hydrogens is 300 g/mol. The van der Waals surface area contributed by atoms with Crippen LogP contribution in [0.1, 0.15) is 55.8 Å². The number of phenolic OH excluding ortho intramolecular Hbond substituents is 1. The molecule has 0 fully saturated rings. The van der Waals surface area contributed by atoms with Crippen LogP contribution in [-0.4, -0.2) is 17.7 Å². The van der Waals surface area contributed by atoms with E-state index in [9.17, 15) is 9.90 Å². The second-order valence-corrected chi connectivity index (χ2v) is 6.03. The fraction of sp³-hybridized carbons (Fsp3) is 0.381. The number of carbonyl (C=O) groups is 1. The average Bonchev–Trinajstić information content (AvgIpc) is 2.61. The van der Waals surface area contributed by atoms with Gasteiger partial charge in [0.25, 0.3) is 0 Å². The molecule has 2 aromatic carbocycles. The topological polar surface area (TPSA) is 46.5 Å². The first kappa shape index (κ1) is 18.1. The van der Waals surface area contributed by atoms with Crippen molar-refractivity contribution in [3.05, 3.63) is 54.1 Å². The SMILES string of the molecule is CCCCCCCCOC(=O)c1ccc(-c2ccc(O)cc2)cc1. The highest BCUT2D eigenvalue weighted by Crippen LogP contribution is 2.22. The molecule has 0 atom stereocenters. The maximum atomic E-state index is 12.0. The van der Waals surface area contributed by atoms with E-state index in [4.69, 9.17) is 4.74 Å². The molecule has 0 saturated carbocycles. The number of phenols is 1. The third kappa shape index (κ3) is 5.73. The van der Waals surface area contributed by atoms with Crippen molar-refractivity contribution in [3.8, 4) is 16.9 Å². The normalized spacial score (nSPS) is 10.5. The van der Waals surface area contributed by atoms with Crippen LogP contribution in [0.2, 0.25) is 0 Å². The fourth-order valence-corrected chi connectivity index (χ4v) is 2.58. The van der Waals surface area contributed by atoms with Gasteiger partial charge in [-0.05, 0) is 41.8 Å². The van der Waals surface area contributed by atoms with Gasteiger partial charge in [0.1, 0.15) is 5.75 Å². The first-order valence-corrected chi connectivity index (χ1v) is 8.77. The number of rotatable bonds is 9. The molecule has 0 saturated heterocycles. The smallest absolute Gasteiger partial charge is 0.338 e. The standard InChI is InChI=1S/C21H26O3/c1-2-3-4-5-6-7-16-24-21(23)19-10-8-17(9-11-19)18-12-14-20(22)15-13-18/h8-15,22H,2-7,16H2,1H3. The van der Waals surface area contributed by atoms with Crippen molar-refractivity contribution in [1.82, 2.24) is 0 Å². The van der Waals surface area contributed by atoms with Gasteiger partial charge in [-0.15, -0.1) is 0 Å². The second-order valence-electron chi connectivity index (χ2n) is 6.03. The first-order valence-electron chi connectivity index (χ1n) is 8.77. The summed E-state index contributed by atoms with van der Waals surface area (Å²) in [5.74, 6) is -0.0190. The Bertz CT molecular complexity index is 615. The Balaban J connectivity index is 1.78. The Kier molecular flexibility index (Phi) is 7.34. The summed E-state index contributed by atoms with van der Waals surface area (Å²) in [4.78, 5) is 12.0. The summed E-state index contributed by atoms with van der Waals surface area (Å²) in [6, 6.07) is 14.4. The van der Waals surface area contributed by atoms with Gasteiger partial charge in [-0.25, -0.2) is 4.79 Å². The van der Waals surface area contributed by atoms with Gasteiger partial charge in [-0.1, -0.05) is 63.3 Å². The number of hydrogen-bond donors (Lipinski definition) is 1. The lowest BCUT2D eigenvalue weighted by Crippen LogP contribution is -2.06. The number of esters is 1. The summed E-state index contributed by atoms with van der Waals surface area (Å²) < 4.78 is 5.32. The molecule has 0 aliphatic carbocycles. The van der Waals surface area contributed by atoms with Crippen LogP contribution < -0.4 is 0 Å². The maximum Gasteiger partial charge on any atom is 0.338 e. The largest absolute Gasteiger partial charge is 0.508 e. The van der Waals surface area contributed by atoms with Crippen molar-refractivity contribution >= 4 is 5.97 Å². The van der Waals surface area contributed by atoms with Crippen LogP contribution in [0.4, 0.5) is 0 Å². The van der Waals surface area contributed by atoms with E-state index in [2.05, 4.69) is 6.92 Å².